The maximum atomic E-state index is 6.69. The molecular weight excluding hydrogens is 873 g/mol. The molecule has 10 aromatic carbocycles. The largest absolute Gasteiger partial charge is 0.455 e. The Hall–Kier alpha value is -8.97. The van der Waals surface area contributed by atoms with Crippen LogP contribution in [-0.2, 0) is 5.41 Å². The van der Waals surface area contributed by atoms with Crippen molar-refractivity contribution in [1.29, 1.82) is 0 Å². The second-order valence-corrected chi connectivity index (χ2v) is 19.3. The van der Waals surface area contributed by atoms with E-state index in [1.165, 1.54) is 59.9 Å². The molecule has 326 valence electrons. The summed E-state index contributed by atoms with van der Waals surface area (Å²) in [6.07, 6.45) is 0. The van der Waals surface area contributed by atoms with Crippen LogP contribution < -0.4 is 0 Å². The van der Waals surface area contributed by atoms with Gasteiger partial charge in [0.25, 0.3) is 0 Å². The van der Waals surface area contributed by atoms with Gasteiger partial charge in [0.1, 0.15) is 11.2 Å². The van der Waals surface area contributed by atoms with E-state index >= 15 is 0 Å². The number of hydrogen-bond donors (Lipinski definition) is 0. The van der Waals surface area contributed by atoms with Gasteiger partial charge in [-0.25, -0.2) is 15.0 Å². The summed E-state index contributed by atoms with van der Waals surface area (Å²) in [6, 6.07) is 82.8. The van der Waals surface area contributed by atoms with E-state index in [1.807, 2.05) is 30.3 Å². The number of hydrogen-bond acceptors (Lipinski definition) is 5. The quantitative estimate of drug-likeness (QED) is 0.167. The molecule has 0 saturated carbocycles. The lowest BCUT2D eigenvalue weighted by Gasteiger charge is -2.34. The van der Waals surface area contributed by atoms with Crippen LogP contribution >= 0.6 is 11.3 Å². The Bertz CT molecular complexity index is 4330. The number of benzene rings is 10. The highest BCUT2D eigenvalue weighted by Gasteiger charge is 2.46. The molecule has 4 heterocycles. The molecule has 70 heavy (non-hydrogen) atoms. The standard InChI is InChI=1S/C64H38N4OS/c1-4-18-39(19-5-1)61-65-62(67-63(66-61)51-38-50-48-26-12-16-30-56(48)69-59(50)58-49-27-13-17-31-57(49)70-60(51)58)40-32-34-44-45-35-33-43(68-54-28-14-10-24-46(54)47-25-11-15-29-55(47)68)37-53(45)64(52(44)36-40,41-20-6-2-7-21-41)42-22-8-3-9-23-42/h1-38H. The molecule has 15 rings (SSSR count). The zero-order chi connectivity index (χ0) is 45.9. The summed E-state index contributed by atoms with van der Waals surface area (Å²) in [5.41, 5.74) is 14.5. The fourth-order valence-corrected chi connectivity index (χ4v) is 12.7. The third-order valence-electron chi connectivity index (χ3n) is 14.5. The Morgan fingerprint density at radius 1 is 0.400 bits per heavy atom. The predicted molar refractivity (Wildman–Crippen MR) is 288 cm³/mol. The van der Waals surface area contributed by atoms with Crippen LogP contribution in [0.1, 0.15) is 22.3 Å². The Balaban J connectivity index is 0.998. The zero-order valence-electron chi connectivity index (χ0n) is 37.5. The van der Waals surface area contributed by atoms with Gasteiger partial charge in [-0.2, -0.15) is 0 Å². The average molecular weight is 911 g/mol. The molecule has 0 N–H and O–H groups in total. The molecule has 0 saturated heterocycles. The number of nitrogens with zero attached hydrogens (tertiary/aromatic N) is 4. The lowest BCUT2D eigenvalue weighted by Crippen LogP contribution is -2.28. The summed E-state index contributed by atoms with van der Waals surface area (Å²) in [7, 11) is 0. The molecule has 6 heteroatoms. The van der Waals surface area contributed by atoms with Gasteiger partial charge in [-0.1, -0.05) is 182 Å². The van der Waals surface area contributed by atoms with Crippen LogP contribution in [0.3, 0.4) is 0 Å². The number of thiophene rings is 1. The fraction of sp³-hybridized carbons (Fsp3) is 0.0156. The molecule has 0 fully saturated rings. The fourth-order valence-electron chi connectivity index (χ4n) is 11.5. The summed E-state index contributed by atoms with van der Waals surface area (Å²) in [6.45, 7) is 0. The number of fused-ring (bicyclic) bond motifs is 13. The Morgan fingerprint density at radius 2 is 0.943 bits per heavy atom. The maximum Gasteiger partial charge on any atom is 0.165 e. The van der Waals surface area contributed by atoms with Crippen molar-refractivity contribution in [3.8, 4) is 51.0 Å². The number of furan rings is 1. The van der Waals surface area contributed by atoms with Crippen LogP contribution in [0.25, 0.3) is 115 Å². The van der Waals surface area contributed by atoms with Gasteiger partial charge in [-0.05, 0) is 81.9 Å². The lowest BCUT2D eigenvalue weighted by molar-refractivity contribution is 0.673. The van der Waals surface area contributed by atoms with Gasteiger partial charge in [0.2, 0.25) is 0 Å². The first-order chi connectivity index (χ1) is 34.7. The monoisotopic (exact) mass is 910 g/mol. The topological polar surface area (TPSA) is 56.7 Å². The summed E-state index contributed by atoms with van der Waals surface area (Å²) in [5.74, 6) is 1.84. The average Bonchev–Trinajstić information content (AvgIpc) is 4.18. The molecule has 14 aromatic rings. The third-order valence-corrected chi connectivity index (χ3v) is 15.7. The number of para-hydroxylation sites is 3. The minimum absolute atomic E-state index is 0.606. The van der Waals surface area contributed by atoms with Crippen LogP contribution in [0.5, 0.6) is 0 Å². The van der Waals surface area contributed by atoms with Crippen LogP contribution in [-0.4, -0.2) is 19.5 Å². The van der Waals surface area contributed by atoms with E-state index in [1.54, 1.807) is 11.3 Å². The highest BCUT2D eigenvalue weighted by atomic mass is 32.1. The van der Waals surface area contributed by atoms with Gasteiger partial charge in [-0.15, -0.1) is 11.3 Å². The normalized spacial score (nSPS) is 13.0. The van der Waals surface area contributed by atoms with Crippen molar-refractivity contribution in [2.75, 3.05) is 0 Å². The van der Waals surface area contributed by atoms with E-state index in [2.05, 4.69) is 205 Å². The zero-order valence-corrected chi connectivity index (χ0v) is 38.4. The second kappa shape index (κ2) is 15.0. The Kier molecular flexibility index (Phi) is 8.38. The van der Waals surface area contributed by atoms with Crippen molar-refractivity contribution < 1.29 is 4.42 Å². The Labute approximate surface area is 406 Å². The van der Waals surface area contributed by atoms with Gasteiger partial charge in [0.05, 0.1) is 21.1 Å². The molecule has 0 amide bonds. The number of rotatable bonds is 6. The SMILES string of the molecule is c1ccc(-c2nc(-c3ccc4c(c3)C(c3ccccc3)(c3ccccc3)c3cc(-n5c6ccccc6c6ccccc65)ccc3-4)nc(-c3cc4c5ccccc5oc4c4c3sc3ccccc34)n2)cc1. The molecule has 0 spiro atoms. The number of aromatic nitrogens is 4. The van der Waals surface area contributed by atoms with E-state index in [-0.39, 0.29) is 0 Å². The molecular formula is C64H38N4OS. The molecule has 1 aliphatic carbocycles. The van der Waals surface area contributed by atoms with Gasteiger partial charge in [0.15, 0.2) is 17.5 Å². The van der Waals surface area contributed by atoms with E-state index in [9.17, 15) is 0 Å². The van der Waals surface area contributed by atoms with E-state index in [4.69, 9.17) is 19.4 Å². The van der Waals surface area contributed by atoms with Crippen LogP contribution in [0, 0.1) is 0 Å². The molecule has 5 nitrogen and oxygen atoms in total. The van der Waals surface area contributed by atoms with Crippen molar-refractivity contribution >= 4 is 75.3 Å². The predicted octanol–water partition coefficient (Wildman–Crippen LogP) is 16.6. The van der Waals surface area contributed by atoms with Crippen LogP contribution in [0.4, 0.5) is 0 Å². The molecule has 0 aliphatic heterocycles. The smallest absolute Gasteiger partial charge is 0.165 e. The molecule has 1 aliphatic rings. The summed E-state index contributed by atoms with van der Waals surface area (Å²) in [5, 5.41) is 6.81. The van der Waals surface area contributed by atoms with Gasteiger partial charge < -0.3 is 8.98 Å². The van der Waals surface area contributed by atoms with Crippen molar-refractivity contribution in [3.63, 3.8) is 0 Å². The van der Waals surface area contributed by atoms with E-state index < -0.39 is 5.41 Å². The third kappa shape index (κ3) is 5.56. The first-order valence-electron chi connectivity index (χ1n) is 23.7. The van der Waals surface area contributed by atoms with E-state index in [0.29, 0.717) is 17.5 Å². The van der Waals surface area contributed by atoms with E-state index in [0.717, 1.165) is 59.8 Å². The Morgan fingerprint density at radius 3 is 1.64 bits per heavy atom. The highest BCUT2D eigenvalue weighted by molar-refractivity contribution is 7.26. The molecule has 0 radical (unpaired) electrons. The van der Waals surface area contributed by atoms with Gasteiger partial charge in [0, 0.05) is 59.4 Å². The molecule has 0 unspecified atom stereocenters. The highest BCUT2D eigenvalue weighted by Crippen LogP contribution is 2.57. The lowest BCUT2D eigenvalue weighted by atomic mass is 9.67. The van der Waals surface area contributed by atoms with Crippen molar-refractivity contribution in [3.05, 3.63) is 253 Å². The minimum atomic E-state index is -0.688. The molecule has 0 atom stereocenters. The molecule has 0 bridgehead atoms. The van der Waals surface area contributed by atoms with Gasteiger partial charge >= 0.3 is 0 Å². The van der Waals surface area contributed by atoms with Crippen molar-refractivity contribution in [2.24, 2.45) is 0 Å². The molecule has 4 aromatic heterocycles. The van der Waals surface area contributed by atoms with Gasteiger partial charge in [-0.3, -0.25) is 0 Å². The first-order valence-corrected chi connectivity index (χ1v) is 24.5. The van der Waals surface area contributed by atoms with Crippen molar-refractivity contribution in [1.82, 2.24) is 19.5 Å². The summed E-state index contributed by atoms with van der Waals surface area (Å²) >= 11 is 1.75. The maximum absolute atomic E-state index is 6.69. The summed E-state index contributed by atoms with van der Waals surface area (Å²) < 4.78 is 11.4. The van der Waals surface area contributed by atoms with Crippen LogP contribution in [0.2, 0.25) is 0 Å². The van der Waals surface area contributed by atoms with Crippen LogP contribution in [0.15, 0.2) is 235 Å². The van der Waals surface area contributed by atoms with Crippen molar-refractivity contribution in [2.45, 2.75) is 5.41 Å². The summed E-state index contributed by atoms with van der Waals surface area (Å²) in [4.78, 5) is 16.2. The first kappa shape index (κ1) is 39.1. The minimum Gasteiger partial charge on any atom is -0.455 e. The second-order valence-electron chi connectivity index (χ2n) is 18.2.